The highest BCUT2D eigenvalue weighted by molar-refractivity contribution is 5.75. The van der Waals surface area contributed by atoms with Crippen LogP contribution >= 0.6 is 0 Å². The maximum atomic E-state index is 10.7. The molecule has 1 aromatic rings. The summed E-state index contributed by atoms with van der Waals surface area (Å²) in [6.07, 6.45) is 1.78. The Morgan fingerprint density at radius 1 is 1.56 bits per heavy atom. The molecular formula is C13H17NO2. The maximum Gasteiger partial charge on any atom is 0.150 e. The number of aldehydes is 1. The highest BCUT2D eigenvalue weighted by atomic mass is 16.3. The van der Waals surface area contributed by atoms with E-state index in [-0.39, 0.29) is 5.92 Å². The number of carbonyl (C=O) groups excluding carboxylic acids is 1. The van der Waals surface area contributed by atoms with E-state index < -0.39 is 5.60 Å². The molecule has 1 aromatic carbocycles. The van der Waals surface area contributed by atoms with Crippen LogP contribution in [0.15, 0.2) is 24.3 Å². The van der Waals surface area contributed by atoms with Gasteiger partial charge in [0, 0.05) is 18.0 Å². The molecule has 16 heavy (non-hydrogen) atoms. The average molecular weight is 219 g/mol. The molecule has 2 rings (SSSR count). The summed E-state index contributed by atoms with van der Waals surface area (Å²) in [5.41, 5.74) is 0.581. The first-order chi connectivity index (χ1) is 7.64. The predicted octanol–water partition coefficient (Wildman–Crippen LogP) is 1.32. The van der Waals surface area contributed by atoms with E-state index in [1.807, 2.05) is 19.1 Å². The lowest BCUT2D eigenvalue weighted by molar-refractivity contribution is 0.00214. The normalized spacial score (nSPS) is 24.0. The van der Waals surface area contributed by atoms with Crippen molar-refractivity contribution in [2.45, 2.75) is 18.9 Å². The molecule has 0 aliphatic carbocycles. The molecule has 2 unspecified atom stereocenters. The van der Waals surface area contributed by atoms with Crippen molar-refractivity contribution >= 4 is 6.29 Å². The Morgan fingerprint density at radius 2 is 2.38 bits per heavy atom. The third kappa shape index (κ3) is 2.01. The van der Waals surface area contributed by atoms with Crippen molar-refractivity contribution in [3.63, 3.8) is 0 Å². The summed E-state index contributed by atoms with van der Waals surface area (Å²) in [4.78, 5) is 10.7. The summed E-state index contributed by atoms with van der Waals surface area (Å²) in [6.45, 7) is 3.61. The lowest BCUT2D eigenvalue weighted by Crippen LogP contribution is -2.33. The summed E-state index contributed by atoms with van der Waals surface area (Å²) in [5, 5.41) is 13.8. The Hall–Kier alpha value is -1.19. The molecule has 3 heteroatoms. The van der Waals surface area contributed by atoms with Crippen LogP contribution in [0.4, 0.5) is 0 Å². The zero-order chi connectivity index (χ0) is 11.6. The lowest BCUT2D eigenvalue weighted by atomic mass is 9.82. The minimum absolute atomic E-state index is 0.217. The molecule has 1 saturated heterocycles. The Morgan fingerprint density at radius 3 is 3.00 bits per heavy atom. The summed E-state index contributed by atoms with van der Waals surface area (Å²) < 4.78 is 0. The largest absolute Gasteiger partial charge is 0.385 e. The first-order valence-corrected chi connectivity index (χ1v) is 5.63. The fraction of sp³-hybridized carbons (Fsp3) is 0.462. The van der Waals surface area contributed by atoms with Gasteiger partial charge < -0.3 is 10.4 Å². The Kier molecular flexibility index (Phi) is 3.08. The van der Waals surface area contributed by atoms with Gasteiger partial charge in [0.2, 0.25) is 0 Å². The number of rotatable bonds is 3. The monoisotopic (exact) mass is 219 g/mol. The molecule has 0 saturated carbocycles. The Labute approximate surface area is 95.5 Å². The lowest BCUT2D eigenvalue weighted by Gasteiger charge is -2.30. The molecule has 86 valence electrons. The quantitative estimate of drug-likeness (QED) is 0.754. The van der Waals surface area contributed by atoms with Crippen LogP contribution in [0.5, 0.6) is 0 Å². The van der Waals surface area contributed by atoms with E-state index in [1.54, 1.807) is 12.1 Å². The van der Waals surface area contributed by atoms with Crippen molar-refractivity contribution in [2.24, 2.45) is 5.92 Å². The van der Waals surface area contributed by atoms with E-state index in [4.69, 9.17) is 0 Å². The van der Waals surface area contributed by atoms with Crippen LogP contribution in [-0.2, 0) is 5.60 Å². The van der Waals surface area contributed by atoms with Crippen molar-refractivity contribution in [1.29, 1.82) is 0 Å². The Balaban J connectivity index is 2.29. The van der Waals surface area contributed by atoms with Crippen molar-refractivity contribution in [2.75, 3.05) is 13.1 Å². The third-order valence-electron chi connectivity index (χ3n) is 3.46. The number of hydrogen-bond donors (Lipinski definition) is 2. The minimum atomic E-state index is -0.859. The van der Waals surface area contributed by atoms with Crippen LogP contribution in [0.2, 0.25) is 0 Å². The second kappa shape index (κ2) is 4.36. The van der Waals surface area contributed by atoms with Crippen LogP contribution in [0.25, 0.3) is 0 Å². The molecule has 1 aliphatic rings. The standard InChI is InChI=1S/C13H17NO2/c1-13(16,12-5-6-14-8-12)11-4-2-3-10(7-11)9-15/h2-4,7,9,12,14,16H,5-6,8H2,1H3. The highest BCUT2D eigenvalue weighted by Crippen LogP contribution is 2.33. The molecule has 0 amide bonds. The number of carbonyl (C=O) groups is 1. The number of aliphatic hydroxyl groups is 1. The van der Waals surface area contributed by atoms with Gasteiger partial charge in [-0.25, -0.2) is 0 Å². The van der Waals surface area contributed by atoms with Crippen LogP contribution in [-0.4, -0.2) is 24.5 Å². The maximum absolute atomic E-state index is 10.7. The van der Waals surface area contributed by atoms with E-state index in [0.717, 1.165) is 31.4 Å². The van der Waals surface area contributed by atoms with Gasteiger partial charge in [0.05, 0.1) is 5.60 Å². The fourth-order valence-electron chi connectivity index (χ4n) is 2.30. The topological polar surface area (TPSA) is 49.3 Å². The first-order valence-electron chi connectivity index (χ1n) is 5.63. The first kappa shape index (κ1) is 11.3. The van der Waals surface area contributed by atoms with E-state index in [9.17, 15) is 9.90 Å². The third-order valence-corrected chi connectivity index (χ3v) is 3.46. The Bertz CT molecular complexity index is 381. The van der Waals surface area contributed by atoms with Gasteiger partial charge in [-0.3, -0.25) is 4.79 Å². The van der Waals surface area contributed by atoms with E-state index in [1.165, 1.54) is 0 Å². The van der Waals surface area contributed by atoms with Gasteiger partial charge >= 0.3 is 0 Å². The van der Waals surface area contributed by atoms with Crippen molar-refractivity contribution in [3.8, 4) is 0 Å². The summed E-state index contributed by atoms with van der Waals surface area (Å²) in [5.74, 6) is 0.217. The van der Waals surface area contributed by atoms with Crippen molar-refractivity contribution in [1.82, 2.24) is 5.32 Å². The van der Waals surface area contributed by atoms with Gasteiger partial charge in [-0.1, -0.05) is 18.2 Å². The summed E-state index contributed by atoms with van der Waals surface area (Å²) in [6, 6.07) is 7.21. The second-order valence-corrected chi connectivity index (χ2v) is 4.58. The zero-order valence-corrected chi connectivity index (χ0v) is 9.44. The summed E-state index contributed by atoms with van der Waals surface area (Å²) in [7, 11) is 0. The van der Waals surface area contributed by atoms with Gasteiger partial charge in [-0.15, -0.1) is 0 Å². The SMILES string of the molecule is CC(O)(c1cccc(C=O)c1)C1CCNC1. The van der Waals surface area contributed by atoms with E-state index in [2.05, 4.69) is 5.32 Å². The predicted molar refractivity (Wildman–Crippen MR) is 62.4 cm³/mol. The molecule has 1 aliphatic heterocycles. The molecule has 0 radical (unpaired) electrons. The molecule has 3 nitrogen and oxygen atoms in total. The van der Waals surface area contributed by atoms with Gasteiger partial charge in [0.15, 0.2) is 0 Å². The van der Waals surface area contributed by atoms with Crippen LogP contribution in [0, 0.1) is 5.92 Å². The minimum Gasteiger partial charge on any atom is -0.385 e. The molecular weight excluding hydrogens is 202 g/mol. The van der Waals surface area contributed by atoms with E-state index >= 15 is 0 Å². The molecule has 2 N–H and O–H groups in total. The highest BCUT2D eigenvalue weighted by Gasteiger charge is 2.35. The second-order valence-electron chi connectivity index (χ2n) is 4.58. The fourth-order valence-corrected chi connectivity index (χ4v) is 2.30. The number of benzene rings is 1. The molecule has 0 aromatic heterocycles. The van der Waals surface area contributed by atoms with Crippen molar-refractivity contribution < 1.29 is 9.90 Å². The molecule has 1 heterocycles. The summed E-state index contributed by atoms with van der Waals surface area (Å²) >= 11 is 0. The number of hydrogen-bond acceptors (Lipinski definition) is 3. The van der Waals surface area contributed by atoms with Gasteiger partial charge in [0.25, 0.3) is 0 Å². The van der Waals surface area contributed by atoms with Gasteiger partial charge in [-0.05, 0) is 31.5 Å². The number of nitrogens with one attached hydrogen (secondary N) is 1. The van der Waals surface area contributed by atoms with Crippen molar-refractivity contribution in [3.05, 3.63) is 35.4 Å². The van der Waals surface area contributed by atoms with Crippen LogP contribution < -0.4 is 5.32 Å². The van der Waals surface area contributed by atoms with E-state index in [0.29, 0.717) is 5.56 Å². The molecule has 2 atom stereocenters. The van der Waals surface area contributed by atoms with Gasteiger partial charge in [-0.2, -0.15) is 0 Å². The van der Waals surface area contributed by atoms with Crippen LogP contribution in [0.1, 0.15) is 29.3 Å². The van der Waals surface area contributed by atoms with Crippen LogP contribution in [0.3, 0.4) is 0 Å². The molecule has 0 spiro atoms. The zero-order valence-electron chi connectivity index (χ0n) is 9.44. The molecule has 0 bridgehead atoms. The average Bonchev–Trinajstić information content (AvgIpc) is 2.83. The smallest absolute Gasteiger partial charge is 0.150 e. The van der Waals surface area contributed by atoms with Gasteiger partial charge in [0.1, 0.15) is 6.29 Å². The molecule has 1 fully saturated rings.